The van der Waals surface area contributed by atoms with Gasteiger partial charge in [0.1, 0.15) is 8.07 Å². The molecule has 0 atom stereocenters. The van der Waals surface area contributed by atoms with Gasteiger partial charge in [-0.3, -0.25) is 0 Å². The molecule has 0 bridgehead atoms. The van der Waals surface area contributed by atoms with Gasteiger partial charge in [0.15, 0.2) is 0 Å². The highest BCUT2D eigenvalue weighted by Gasteiger charge is 2.20. The largest absolute Gasteiger partial charge is 0.104 e. The third kappa shape index (κ3) is 4.42. The highest BCUT2D eigenvalue weighted by atomic mass is 127. The molecule has 1 aromatic carbocycles. The smallest absolute Gasteiger partial charge is 0.0810 e. The van der Waals surface area contributed by atoms with Crippen LogP contribution in [0, 0.1) is 0 Å². The van der Waals surface area contributed by atoms with Crippen molar-refractivity contribution in [1.29, 1.82) is 0 Å². The Balaban J connectivity index is 2.78. The molecule has 2 heteroatoms. The highest BCUT2D eigenvalue weighted by Crippen LogP contribution is 2.19. The second-order valence-electron chi connectivity index (χ2n) is 4.78. The molecule has 0 aliphatic carbocycles. The minimum atomic E-state index is -1.36. The van der Waals surface area contributed by atoms with Crippen molar-refractivity contribution in [2.45, 2.75) is 39.3 Å². The van der Waals surface area contributed by atoms with E-state index in [1.165, 1.54) is 24.4 Å². The van der Waals surface area contributed by atoms with Crippen LogP contribution in [0.3, 0.4) is 0 Å². The molecule has 0 radical (unpaired) electrons. The fraction of sp³-hybridized carbons (Fsp3) is 0.429. The second-order valence-corrected chi connectivity index (χ2v) is 10.5. The van der Waals surface area contributed by atoms with Gasteiger partial charge < -0.3 is 0 Å². The number of rotatable bonds is 5. The average Bonchev–Trinajstić information content (AvgIpc) is 2.27. The molecule has 0 aliphatic rings. The van der Waals surface area contributed by atoms with Crippen molar-refractivity contribution in [3.63, 3.8) is 0 Å². The normalized spacial score (nSPS) is 12.9. The van der Waals surface area contributed by atoms with Gasteiger partial charge in [-0.15, -0.1) is 0 Å². The Hall–Kier alpha value is -0.0931. The van der Waals surface area contributed by atoms with E-state index in [0.717, 1.165) is 0 Å². The van der Waals surface area contributed by atoms with E-state index >= 15 is 0 Å². The van der Waals surface area contributed by atoms with Gasteiger partial charge >= 0.3 is 0 Å². The first-order valence-electron chi connectivity index (χ1n) is 5.99. The molecule has 0 spiro atoms. The van der Waals surface area contributed by atoms with Crippen LogP contribution < -0.4 is 5.19 Å². The lowest BCUT2D eigenvalue weighted by atomic mass is 10.2. The lowest BCUT2D eigenvalue weighted by molar-refractivity contribution is 0.812. The van der Waals surface area contributed by atoms with Gasteiger partial charge in [-0.05, 0) is 39.0 Å². The fourth-order valence-electron chi connectivity index (χ4n) is 1.76. The summed E-state index contributed by atoms with van der Waals surface area (Å²) >= 11 is 2.51. The first-order chi connectivity index (χ1) is 7.56. The van der Waals surface area contributed by atoms with Crippen molar-refractivity contribution in [2.24, 2.45) is 0 Å². The van der Waals surface area contributed by atoms with Gasteiger partial charge in [-0.1, -0.05) is 67.7 Å². The zero-order chi connectivity index (χ0) is 12.0. The van der Waals surface area contributed by atoms with Crippen LogP contribution in [-0.2, 0) is 0 Å². The molecular weight excluding hydrogens is 323 g/mol. The summed E-state index contributed by atoms with van der Waals surface area (Å²) < 4.78 is 1.54. The highest BCUT2D eigenvalue weighted by molar-refractivity contribution is 14.1. The summed E-state index contributed by atoms with van der Waals surface area (Å²) in [5.41, 5.74) is 2.54. The molecule has 0 N–H and O–H groups in total. The average molecular weight is 344 g/mol. The van der Waals surface area contributed by atoms with Crippen molar-refractivity contribution in [1.82, 2.24) is 0 Å². The van der Waals surface area contributed by atoms with Crippen LogP contribution in [0.1, 0.15) is 26.2 Å². The van der Waals surface area contributed by atoms with Crippen LogP contribution in [0.15, 0.2) is 39.6 Å². The maximum Gasteiger partial charge on any atom is 0.104 e. The van der Waals surface area contributed by atoms with Crippen molar-refractivity contribution in [3.05, 3.63) is 39.6 Å². The molecule has 0 saturated carbocycles. The summed E-state index contributed by atoms with van der Waals surface area (Å²) in [5.74, 6) is 0. The molecule has 16 heavy (non-hydrogen) atoms. The Morgan fingerprint density at radius 1 is 1.25 bits per heavy atom. The van der Waals surface area contributed by atoms with Gasteiger partial charge in [0, 0.05) is 0 Å². The summed E-state index contributed by atoms with van der Waals surface area (Å²) in [5, 5.41) is 1.53. The first-order valence-corrected chi connectivity index (χ1v) is 10.1. The summed E-state index contributed by atoms with van der Waals surface area (Å²) in [6, 6.07) is 10.9. The molecule has 0 saturated heterocycles. The van der Waals surface area contributed by atoms with E-state index in [4.69, 9.17) is 0 Å². The monoisotopic (exact) mass is 344 g/mol. The van der Waals surface area contributed by atoms with E-state index < -0.39 is 8.07 Å². The molecule has 0 fully saturated rings. The second kappa shape index (κ2) is 6.60. The van der Waals surface area contributed by atoms with Crippen molar-refractivity contribution in [3.8, 4) is 0 Å². The third-order valence-electron chi connectivity index (χ3n) is 2.80. The lowest BCUT2D eigenvalue weighted by Gasteiger charge is -2.19. The predicted octanol–water partition coefficient (Wildman–Crippen LogP) is 4.65. The Kier molecular flexibility index (Phi) is 5.76. The Morgan fingerprint density at radius 3 is 2.44 bits per heavy atom. The molecule has 0 aromatic heterocycles. The number of benzene rings is 1. The lowest BCUT2D eigenvalue weighted by Crippen LogP contribution is -2.39. The topological polar surface area (TPSA) is 0 Å². The maximum absolute atomic E-state index is 2.54. The minimum Gasteiger partial charge on any atom is -0.0810 e. The van der Waals surface area contributed by atoms with E-state index in [-0.39, 0.29) is 0 Å². The van der Waals surface area contributed by atoms with E-state index in [9.17, 15) is 0 Å². The minimum absolute atomic E-state index is 1.25. The van der Waals surface area contributed by atoms with Gasteiger partial charge in [0.2, 0.25) is 0 Å². The summed E-state index contributed by atoms with van der Waals surface area (Å²) in [4.78, 5) is 0. The van der Waals surface area contributed by atoms with Crippen LogP contribution in [0.4, 0.5) is 0 Å². The summed E-state index contributed by atoms with van der Waals surface area (Å²) in [7, 11) is -1.36. The van der Waals surface area contributed by atoms with E-state index in [0.29, 0.717) is 0 Å². The quantitative estimate of drug-likeness (QED) is 0.539. The molecule has 0 nitrogen and oxygen atoms in total. The molecule has 0 amide bonds. The number of hydrogen-bond donors (Lipinski definition) is 0. The van der Waals surface area contributed by atoms with E-state index in [1.54, 1.807) is 3.58 Å². The van der Waals surface area contributed by atoms with Crippen molar-refractivity contribution in [2.75, 3.05) is 0 Å². The Bertz CT molecular complexity index is 341. The maximum atomic E-state index is 2.54. The van der Waals surface area contributed by atoms with Crippen LogP contribution >= 0.6 is 22.6 Å². The van der Waals surface area contributed by atoms with Crippen molar-refractivity contribution >= 4 is 35.9 Å². The molecule has 0 unspecified atom stereocenters. The zero-order valence-electron chi connectivity index (χ0n) is 10.5. The predicted molar refractivity (Wildman–Crippen MR) is 85.2 cm³/mol. The van der Waals surface area contributed by atoms with Crippen LogP contribution in [0.25, 0.3) is 0 Å². The Labute approximate surface area is 114 Å². The molecule has 1 rings (SSSR count). The number of unbranched alkanes of at least 4 members (excludes halogenated alkanes) is 1. The fourth-order valence-corrected chi connectivity index (χ4v) is 6.62. The van der Waals surface area contributed by atoms with Gasteiger partial charge in [0.05, 0.1) is 0 Å². The van der Waals surface area contributed by atoms with Crippen LogP contribution in [0.2, 0.25) is 13.1 Å². The van der Waals surface area contributed by atoms with Gasteiger partial charge in [-0.2, -0.15) is 0 Å². The van der Waals surface area contributed by atoms with Gasteiger partial charge in [-0.25, -0.2) is 0 Å². The zero-order valence-corrected chi connectivity index (χ0v) is 13.6. The third-order valence-corrected chi connectivity index (χ3v) is 7.13. The number of allylic oxidation sites excluding steroid dienone is 1. The molecule has 1 aromatic rings. The molecule has 88 valence electrons. The molecule has 0 heterocycles. The number of hydrogen-bond acceptors (Lipinski definition) is 0. The molecule has 0 aliphatic heterocycles. The summed E-state index contributed by atoms with van der Waals surface area (Å²) in [6.07, 6.45) is 3.85. The molecular formula is C14H21ISi. The van der Waals surface area contributed by atoms with E-state index in [1.807, 2.05) is 0 Å². The first kappa shape index (κ1) is 14.0. The van der Waals surface area contributed by atoms with Crippen molar-refractivity contribution < 1.29 is 0 Å². The van der Waals surface area contributed by atoms with E-state index in [2.05, 4.69) is 78.6 Å². The SMILES string of the molecule is CCCC/C(I)=C/[Si](C)(C)c1ccccc1. The standard InChI is InChI=1S/C14H21ISi/c1-4-5-9-13(15)12-16(2,3)14-10-7-6-8-11-14/h6-8,10-12H,4-5,9H2,1-3H3/b13-12-. The Morgan fingerprint density at radius 2 is 1.88 bits per heavy atom. The van der Waals surface area contributed by atoms with Gasteiger partial charge in [0.25, 0.3) is 0 Å². The number of halogens is 1. The van der Waals surface area contributed by atoms with Crippen LogP contribution in [-0.4, -0.2) is 8.07 Å². The van der Waals surface area contributed by atoms with Crippen LogP contribution in [0.5, 0.6) is 0 Å². The summed E-state index contributed by atoms with van der Waals surface area (Å²) in [6.45, 7) is 7.10.